The maximum atomic E-state index is 10.3. The van der Waals surface area contributed by atoms with Gasteiger partial charge in [0, 0.05) is 11.9 Å². The minimum atomic E-state index is -0.965. The van der Waals surface area contributed by atoms with Crippen LogP contribution in [0.2, 0.25) is 0 Å². The molecule has 4 unspecified atom stereocenters. The van der Waals surface area contributed by atoms with Crippen molar-refractivity contribution in [1.29, 1.82) is 0 Å². The van der Waals surface area contributed by atoms with Crippen molar-refractivity contribution in [3.63, 3.8) is 0 Å². The Morgan fingerprint density at radius 3 is 1.07 bits per heavy atom. The van der Waals surface area contributed by atoms with E-state index in [9.17, 15) is 30.0 Å². The maximum Gasteiger partial charge on any atom is 2.00 e. The third-order valence-electron chi connectivity index (χ3n) is 10.9. The van der Waals surface area contributed by atoms with Crippen LogP contribution in [0.1, 0.15) is 205 Å². The summed E-state index contributed by atoms with van der Waals surface area (Å²) in [6.07, 6.45) is 27.0. The molecular formula is C50H82BaO8. The number of rotatable bonds is 38. The quantitative estimate of drug-likeness (QED) is 0.0501. The first-order chi connectivity index (χ1) is 28.2. The largest absolute Gasteiger partial charge is 2.00 e. The van der Waals surface area contributed by atoms with Gasteiger partial charge in [0.2, 0.25) is 0 Å². The summed E-state index contributed by atoms with van der Waals surface area (Å²) >= 11 is 0. The fraction of sp³-hybridized carbons (Fsp3) is 0.720. The fourth-order valence-electron chi connectivity index (χ4n) is 7.21. The topological polar surface area (TPSA) is 139 Å². The summed E-state index contributed by atoms with van der Waals surface area (Å²) < 4.78 is 12.3. The van der Waals surface area contributed by atoms with E-state index < -0.39 is 11.9 Å². The minimum Gasteiger partial charge on any atom is -0.550 e. The van der Waals surface area contributed by atoms with Crippen LogP contribution in [0, 0.1) is 0 Å². The zero-order chi connectivity index (χ0) is 42.3. The average Bonchev–Trinajstić information content (AvgIpc) is 3.22. The normalized spacial score (nSPS) is 13.1. The number of aliphatic hydroxyl groups is 2. The van der Waals surface area contributed by atoms with E-state index in [1.54, 1.807) is 0 Å². The van der Waals surface area contributed by atoms with Crippen LogP contribution in [-0.4, -0.2) is 95.4 Å². The number of aliphatic carboxylic acids is 2. The molecule has 0 heterocycles. The molecular weight excluding hydrogens is 866 g/mol. The first-order valence-electron chi connectivity index (χ1n) is 23.3. The molecule has 2 aromatic rings. The van der Waals surface area contributed by atoms with Gasteiger partial charge in [0.25, 0.3) is 0 Å². The van der Waals surface area contributed by atoms with Gasteiger partial charge in [-0.1, -0.05) is 177 Å². The van der Waals surface area contributed by atoms with Gasteiger partial charge in [0.15, 0.2) is 0 Å². The molecule has 0 spiro atoms. The van der Waals surface area contributed by atoms with E-state index in [-0.39, 0.29) is 73.9 Å². The summed E-state index contributed by atoms with van der Waals surface area (Å²) in [7, 11) is 0. The van der Waals surface area contributed by atoms with Crippen molar-refractivity contribution in [2.24, 2.45) is 0 Å². The Morgan fingerprint density at radius 2 is 0.746 bits per heavy atom. The smallest absolute Gasteiger partial charge is 0.550 e. The summed E-state index contributed by atoms with van der Waals surface area (Å²) in [5.41, 5.74) is 2.47. The van der Waals surface area contributed by atoms with Crippen LogP contribution in [0.4, 0.5) is 0 Å². The molecule has 0 amide bonds. The fourth-order valence-corrected chi connectivity index (χ4v) is 7.21. The van der Waals surface area contributed by atoms with Crippen molar-refractivity contribution < 1.29 is 39.5 Å². The Balaban J connectivity index is 0.00000112. The van der Waals surface area contributed by atoms with Gasteiger partial charge in [-0.05, 0) is 88.2 Å². The third-order valence-corrected chi connectivity index (χ3v) is 10.9. The molecule has 8 nitrogen and oxygen atoms in total. The summed E-state index contributed by atoms with van der Waals surface area (Å²) in [4.78, 5) is 20.7. The van der Waals surface area contributed by atoms with E-state index in [2.05, 4.69) is 62.4 Å². The second-order valence-electron chi connectivity index (χ2n) is 16.4. The van der Waals surface area contributed by atoms with Crippen molar-refractivity contribution >= 4 is 60.8 Å². The molecule has 59 heavy (non-hydrogen) atoms. The molecule has 4 atom stereocenters. The predicted molar refractivity (Wildman–Crippen MR) is 238 cm³/mol. The van der Waals surface area contributed by atoms with Crippen LogP contribution in [-0.2, 0) is 32.3 Å². The Morgan fingerprint density at radius 1 is 0.458 bits per heavy atom. The van der Waals surface area contributed by atoms with Gasteiger partial charge in [-0.3, -0.25) is 0 Å². The summed E-state index contributed by atoms with van der Waals surface area (Å²) in [6.45, 7) is 5.83. The maximum absolute atomic E-state index is 10.3. The van der Waals surface area contributed by atoms with E-state index in [4.69, 9.17) is 9.47 Å². The molecule has 0 saturated carbocycles. The molecule has 0 aliphatic carbocycles. The Hall–Kier alpha value is -1.21. The van der Waals surface area contributed by atoms with Gasteiger partial charge in [0.1, 0.15) is 0 Å². The molecule has 0 aromatic heterocycles. The summed E-state index contributed by atoms with van der Waals surface area (Å²) in [5.74, 6) is -1.93. The van der Waals surface area contributed by atoms with E-state index >= 15 is 0 Å². The molecule has 0 radical (unpaired) electrons. The van der Waals surface area contributed by atoms with Crippen LogP contribution in [0.15, 0.2) is 60.7 Å². The predicted octanol–water partition coefficient (Wildman–Crippen LogP) is 9.95. The number of unbranched alkanes of at least 4 members (excludes halogenated alkanes) is 12. The summed E-state index contributed by atoms with van der Waals surface area (Å²) in [6, 6.07) is 20.7. The van der Waals surface area contributed by atoms with Crippen molar-refractivity contribution in [1.82, 2.24) is 0 Å². The van der Waals surface area contributed by atoms with E-state index in [0.29, 0.717) is 38.3 Å². The van der Waals surface area contributed by atoms with Crippen molar-refractivity contribution in [2.45, 2.75) is 231 Å². The Bertz CT molecular complexity index is 1110. The van der Waals surface area contributed by atoms with Gasteiger partial charge >= 0.3 is 48.9 Å². The van der Waals surface area contributed by atoms with Crippen LogP contribution in [0.5, 0.6) is 0 Å². The molecule has 2 rings (SSSR count). The minimum absolute atomic E-state index is 0. The zero-order valence-corrected chi connectivity index (χ0v) is 41.8. The molecule has 2 aromatic carbocycles. The standard InChI is InChI=1S/2C25H42O4.Ba/c2*1-2-3-18-24(29-21-22-14-8-6-9-15-22)19-12-7-11-17-23(26)16-10-4-5-13-20-25(27)28;/h2*6,8-9,14-15,23-24,26H,2-5,7,10-13,16-21H2,1H3,(H,27,28);/q;;+2/p-2. The van der Waals surface area contributed by atoms with Crippen molar-refractivity contribution in [2.75, 3.05) is 0 Å². The number of hydrogen-bond donors (Lipinski definition) is 2. The van der Waals surface area contributed by atoms with Crippen molar-refractivity contribution in [3.8, 4) is 0 Å². The van der Waals surface area contributed by atoms with Crippen LogP contribution < -0.4 is 10.2 Å². The van der Waals surface area contributed by atoms with E-state index in [0.717, 1.165) is 128 Å². The van der Waals surface area contributed by atoms with Gasteiger partial charge < -0.3 is 39.5 Å². The third kappa shape index (κ3) is 38.2. The number of ether oxygens (including phenoxy) is 2. The Kier molecular flexibility index (Phi) is 41.2. The van der Waals surface area contributed by atoms with Gasteiger partial charge in [0.05, 0.1) is 37.6 Å². The summed E-state index contributed by atoms with van der Waals surface area (Å²) in [5, 5.41) is 40.9. The Labute approximate surface area is 400 Å². The average molecular weight is 949 g/mol. The number of benzene rings is 2. The molecule has 0 saturated heterocycles. The van der Waals surface area contributed by atoms with Crippen LogP contribution in [0.3, 0.4) is 0 Å². The number of aliphatic hydroxyl groups excluding tert-OH is 2. The SMILES string of the molecule is CCCCC(CCCCCC(O)CCCCCCC(=O)[O-])OCc1ccccc1.CCCCC(CCCCCC(O)CCCCCCC(=O)[O-])OCc1ccccc1.[Ba+2]. The number of hydrogen-bond acceptors (Lipinski definition) is 8. The molecule has 0 aliphatic rings. The number of carboxylic acids is 2. The molecule has 9 heteroatoms. The van der Waals surface area contributed by atoms with Crippen molar-refractivity contribution in [3.05, 3.63) is 71.8 Å². The van der Waals surface area contributed by atoms with Gasteiger partial charge in [-0.2, -0.15) is 0 Å². The van der Waals surface area contributed by atoms with Crippen LogP contribution in [0.25, 0.3) is 0 Å². The molecule has 0 fully saturated rings. The van der Waals surface area contributed by atoms with Gasteiger partial charge in [-0.25, -0.2) is 0 Å². The van der Waals surface area contributed by atoms with Crippen LogP contribution >= 0.6 is 0 Å². The molecule has 0 bridgehead atoms. The second-order valence-corrected chi connectivity index (χ2v) is 16.4. The zero-order valence-electron chi connectivity index (χ0n) is 37.3. The number of carboxylic acid groups (broad SMARTS) is 2. The van der Waals surface area contributed by atoms with Gasteiger partial charge in [-0.15, -0.1) is 0 Å². The molecule has 2 N–H and O–H groups in total. The van der Waals surface area contributed by atoms with E-state index in [1.807, 2.05) is 12.1 Å². The number of carbonyl (C=O) groups excluding carboxylic acids is 2. The second kappa shape index (κ2) is 42.1. The monoisotopic (exact) mass is 949 g/mol. The molecule has 0 aliphatic heterocycles. The van der Waals surface area contributed by atoms with E-state index in [1.165, 1.54) is 36.8 Å². The molecule has 332 valence electrons. The first-order valence-corrected chi connectivity index (χ1v) is 23.3. The number of carbonyl (C=O) groups is 2. The first kappa shape index (κ1) is 57.8.